The molecule has 1 aromatic heterocycles. The summed E-state index contributed by atoms with van der Waals surface area (Å²) in [5, 5.41) is 3.99. The minimum absolute atomic E-state index is 0.587. The van der Waals surface area contributed by atoms with Gasteiger partial charge in [-0.1, -0.05) is 12.1 Å². The van der Waals surface area contributed by atoms with Gasteiger partial charge in [-0.3, -0.25) is 0 Å². The Morgan fingerprint density at radius 3 is 2.93 bits per heavy atom. The normalized spacial score (nSPS) is 18.0. The van der Waals surface area contributed by atoms with Crippen LogP contribution in [0, 0.1) is 5.92 Å². The molecule has 1 aromatic rings. The zero-order valence-electron chi connectivity index (χ0n) is 9.28. The Morgan fingerprint density at radius 1 is 1.47 bits per heavy atom. The third kappa shape index (κ3) is 3.02. The molecule has 1 saturated carbocycles. The summed E-state index contributed by atoms with van der Waals surface area (Å²) in [6.45, 7) is 2.98. The van der Waals surface area contributed by atoms with Crippen molar-refractivity contribution in [2.24, 2.45) is 11.7 Å². The van der Waals surface area contributed by atoms with Crippen LogP contribution < -0.4 is 5.73 Å². The van der Waals surface area contributed by atoms with Crippen LogP contribution in [0.2, 0.25) is 0 Å². The molecule has 4 nitrogen and oxygen atoms in total. The van der Waals surface area contributed by atoms with E-state index in [-0.39, 0.29) is 0 Å². The molecule has 1 unspecified atom stereocenters. The van der Waals surface area contributed by atoms with E-state index >= 15 is 0 Å². The fourth-order valence-electron chi connectivity index (χ4n) is 1.68. The number of rotatable bonds is 6. The first-order chi connectivity index (χ1) is 7.29. The fraction of sp³-hybridized carbons (Fsp3) is 0.818. The number of hydrogen-bond donors (Lipinski definition) is 1. The predicted octanol–water partition coefficient (Wildman–Crippen LogP) is 1.86. The van der Waals surface area contributed by atoms with Crippen LogP contribution in [0.3, 0.4) is 0 Å². The van der Waals surface area contributed by atoms with Crippen LogP contribution in [0.5, 0.6) is 0 Å². The lowest BCUT2D eigenvalue weighted by Crippen LogP contribution is -2.06. The highest BCUT2D eigenvalue weighted by molar-refractivity contribution is 5.03. The maximum Gasteiger partial charge on any atom is 0.226 e. The predicted molar refractivity (Wildman–Crippen MR) is 57.4 cm³/mol. The van der Waals surface area contributed by atoms with Crippen molar-refractivity contribution in [2.45, 2.75) is 44.9 Å². The van der Waals surface area contributed by atoms with Gasteiger partial charge in [-0.2, -0.15) is 4.98 Å². The maximum absolute atomic E-state index is 5.50. The minimum Gasteiger partial charge on any atom is -0.339 e. The summed E-state index contributed by atoms with van der Waals surface area (Å²) in [4.78, 5) is 4.40. The molecule has 15 heavy (non-hydrogen) atoms. The second-order valence-electron chi connectivity index (χ2n) is 4.54. The molecule has 0 aliphatic heterocycles. The van der Waals surface area contributed by atoms with E-state index in [1.165, 1.54) is 12.8 Å². The van der Waals surface area contributed by atoms with Gasteiger partial charge in [0.05, 0.1) is 0 Å². The van der Waals surface area contributed by atoms with Gasteiger partial charge in [0, 0.05) is 12.3 Å². The summed E-state index contributed by atoms with van der Waals surface area (Å²) >= 11 is 0. The van der Waals surface area contributed by atoms with E-state index in [1.54, 1.807) is 0 Å². The minimum atomic E-state index is 0.587. The fourth-order valence-corrected chi connectivity index (χ4v) is 1.68. The highest BCUT2D eigenvalue weighted by atomic mass is 16.5. The SMILES string of the molecule is CC(CCN)CCc1nc(C2CC2)no1. The van der Waals surface area contributed by atoms with Gasteiger partial charge in [0.25, 0.3) is 0 Å². The molecule has 1 aliphatic rings. The molecule has 1 fully saturated rings. The first kappa shape index (κ1) is 10.6. The Balaban J connectivity index is 1.77. The Kier molecular flexibility index (Phi) is 3.36. The van der Waals surface area contributed by atoms with E-state index < -0.39 is 0 Å². The van der Waals surface area contributed by atoms with Crippen LogP contribution >= 0.6 is 0 Å². The number of aryl methyl sites for hydroxylation is 1. The Labute approximate surface area is 90.2 Å². The van der Waals surface area contributed by atoms with E-state index in [9.17, 15) is 0 Å². The lowest BCUT2D eigenvalue weighted by molar-refractivity contribution is 0.358. The molecular weight excluding hydrogens is 190 g/mol. The van der Waals surface area contributed by atoms with E-state index in [2.05, 4.69) is 17.1 Å². The lowest BCUT2D eigenvalue weighted by atomic mass is 10.0. The number of aromatic nitrogens is 2. The van der Waals surface area contributed by atoms with Crippen LogP contribution in [0.25, 0.3) is 0 Å². The van der Waals surface area contributed by atoms with Crippen molar-refractivity contribution in [3.63, 3.8) is 0 Å². The van der Waals surface area contributed by atoms with Crippen molar-refractivity contribution < 1.29 is 4.52 Å². The molecule has 1 heterocycles. The van der Waals surface area contributed by atoms with Gasteiger partial charge in [0.1, 0.15) is 0 Å². The Bertz CT molecular complexity index is 307. The first-order valence-corrected chi connectivity index (χ1v) is 5.82. The van der Waals surface area contributed by atoms with Gasteiger partial charge < -0.3 is 10.3 Å². The summed E-state index contributed by atoms with van der Waals surface area (Å²) in [6, 6.07) is 0. The number of hydrogen-bond acceptors (Lipinski definition) is 4. The topological polar surface area (TPSA) is 64.9 Å². The maximum atomic E-state index is 5.50. The summed E-state index contributed by atoms with van der Waals surface area (Å²) in [7, 11) is 0. The van der Waals surface area contributed by atoms with Crippen LogP contribution in [0.4, 0.5) is 0 Å². The summed E-state index contributed by atoms with van der Waals surface area (Å²) < 4.78 is 5.20. The molecule has 2 N–H and O–H groups in total. The van der Waals surface area contributed by atoms with E-state index in [0.29, 0.717) is 11.8 Å². The van der Waals surface area contributed by atoms with Crippen molar-refractivity contribution in [2.75, 3.05) is 6.54 Å². The van der Waals surface area contributed by atoms with Crippen LogP contribution in [-0.4, -0.2) is 16.7 Å². The molecule has 0 saturated heterocycles. The third-order valence-electron chi connectivity index (χ3n) is 2.94. The van der Waals surface area contributed by atoms with Gasteiger partial charge in [-0.15, -0.1) is 0 Å². The largest absolute Gasteiger partial charge is 0.339 e. The molecular formula is C11H19N3O. The van der Waals surface area contributed by atoms with E-state index in [1.807, 2.05) is 0 Å². The number of nitrogens with zero attached hydrogens (tertiary/aromatic N) is 2. The summed E-state index contributed by atoms with van der Waals surface area (Å²) in [5.41, 5.74) is 5.50. The van der Waals surface area contributed by atoms with E-state index in [0.717, 1.165) is 37.5 Å². The second-order valence-corrected chi connectivity index (χ2v) is 4.54. The molecule has 2 rings (SSSR count). The van der Waals surface area contributed by atoms with Crippen molar-refractivity contribution in [1.29, 1.82) is 0 Å². The van der Waals surface area contributed by atoms with Gasteiger partial charge >= 0.3 is 0 Å². The van der Waals surface area contributed by atoms with Crippen LogP contribution in [-0.2, 0) is 6.42 Å². The monoisotopic (exact) mass is 209 g/mol. The standard InChI is InChI=1S/C11H19N3O/c1-8(6-7-12)2-5-10-13-11(14-15-10)9-3-4-9/h8-9H,2-7,12H2,1H3. The van der Waals surface area contributed by atoms with Crippen molar-refractivity contribution in [3.8, 4) is 0 Å². The van der Waals surface area contributed by atoms with Crippen LogP contribution in [0.15, 0.2) is 4.52 Å². The Morgan fingerprint density at radius 2 is 2.27 bits per heavy atom. The lowest BCUT2D eigenvalue weighted by Gasteiger charge is -2.06. The van der Waals surface area contributed by atoms with Crippen LogP contribution in [0.1, 0.15) is 50.2 Å². The summed E-state index contributed by atoms with van der Waals surface area (Å²) in [5.74, 6) is 2.94. The van der Waals surface area contributed by atoms with Gasteiger partial charge in [-0.25, -0.2) is 0 Å². The summed E-state index contributed by atoms with van der Waals surface area (Å²) in [6.07, 6.45) is 5.50. The molecule has 0 spiro atoms. The average molecular weight is 209 g/mol. The quantitative estimate of drug-likeness (QED) is 0.776. The van der Waals surface area contributed by atoms with E-state index in [4.69, 9.17) is 10.3 Å². The molecule has 1 aliphatic carbocycles. The molecule has 1 atom stereocenters. The Hall–Kier alpha value is -0.900. The highest BCUT2D eigenvalue weighted by Gasteiger charge is 2.28. The van der Waals surface area contributed by atoms with Gasteiger partial charge in [0.15, 0.2) is 5.82 Å². The van der Waals surface area contributed by atoms with Crippen molar-refractivity contribution >= 4 is 0 Å². The second kappa shape index (κ2) is 4.75. The van der Waals surface area contributed by atoms with Gasteiger partial charge in [-0.05, 0) is 38.1 Å². The molecule has 0 aromatic carbocycles. The zero-order chi connectivity index (χ0) is 10.7. The molecule has 0 bridgehead atoms. The highest BCUT2D eigenvalue weighted by Crippen LogP contribution is 2.38. The van der Waals surface area contributed by atoms with Gasteiger partial charge in [0.2, 0.25) is 5.89 Å². The molecule has 0 amide bonds. The van der Waals surface area contributed by atoms with Crippen molar-refractivity contribution in [3.05, 3.63) is 11.7 Å². The average Bonchev–Trinajstić information content (AvgIpc) is 2.96. The number of nitrogens with two attached hydrogens (primary N) is 1. The molecule has 84 valence electrons. The molecule has 0 radical (unpaired) electrons. The molecule has 4 heteroatoms. The third-order valence-corrected chi connectivity index (χ3v) is 2.94. The zero-order valence-corrected chi connectivity index (χ0v) is 9.28. The smallest absolute Gasteiger partial charge is 0.226 e. The first-order valence-electron chi connectivity index (χ1n) is 5.82. The van der Waals surface area contributed by atoms with Crippen molar-refractivity contribution in [1.82, 2.24) is 10.1 Å².